The average molecular weight is 262 g/mol. The van der Waals surface area contributed by atoms with Crippen molar-refractivity contribution in [2.24, 2.45) is 0 Å². The molecule has 0 fully saturated rings. The van der Waals surface area contributed by atoms with Crippen LogP contribution in [-0.4, -0.2) is 0 Å². The molecule has 110 valence electrons. The van der Waals surface area contributed by atoms with Crippen LogP contribution in [0.25, 0.3) is 0 Å². The Morgan fingerprint density at radius 1 is 0.632 bits per heavy atom. The van der Waals surface area contributed by atoms with E-state index in [2.05, 4.69) is 37.8 Å². The van der Waals surface area contributed by atoms with E-state index in [-0.39, 0.29) is 0 Å². The predicted molar refractivity (Wildman–Crippen MR) is 89.6 cm³/mol. The summed E-state index contributed by atoms with van der Waals surface area (Å²) in [4.78, 5) is 0. The molecule has 0 saturated heterocycles. The van der Waals surface area contributed by atoms with E-state index in [9.17, 15) is 0 Å². The Morgan fingerprint density at radius 3 is 1.74 bits per heavy atom. The molecule has 19 heavy (non-hydrogen) atoms. The highest BCUT2D eigenvalue weighted by atomic mass is 13.9. The fourth-order valence-electron chi connectivity index (χ4n) is 2.10. The third-order valence-electron chi connectivity index (χ3n) is 3.36. The maximum Gasteiger partial charge on any atom is -0.0169 e. The first-order valence-corrected chi connectivity index (χ1v) is 8.32. The summed E-state index contributed by atoms with van der Waals surface area (Å²) >= 11 is 0. The lowest BCUT2D eigenvalue weighted by Gasteiger charge is -1.97. The molecule has 0 aliphatic rings. The smallest absolute Gasteiger partial charge is 0.0169 e. The van der Waals surface area contributed by atoms with Crippen LogP contribution in [0.5, 0.6) is 0 Å². The van der Waals surface area contributed by atoms with Crippen molar-refractivity contribution in [1.29, 1.82) is 0 Å². The second-order valence-corrected chi connectivity index (χ2v) is 5.31. The molecule has 0 aliphatic carbocycles. The van der Waals surface area contributed by atoms with E-state index >= 15 is 0 Å². The Hall–Kier alpha value is -0.780. The molecule has 0 aromatic rings. The van der Waals surface area contributed by atoms with E-state index in [1.165, 1.54) is 70.6 Å². The van der Waals surface area contributed by atoms with E-state index in [1.54, 1.807) is 0 Å². The normalized spacial score (nSPS) is 11.6. The molecule has 0 amide bonds. The van der Waals surface area contributed by atoms with Gasteiger partial charge < -0.3 is 0 Å². The Morgan fingerprint density at radius 2 is 1.16 bits per heavy atom. The SMILES string of the molecule is C=CCCCCCCCC=CCC=CCCCCC. The van der Waals surface area contributed by atoms with Crippen molar-refractivity contribution >= 4 is 0 Å². The lowest BCUT2D eigenvalue weighted by Crippen LogP contribution is -1.77. The molecule has 0 bridgehead atoms. The zero-order valence-corrected chi connectivity index (χ0v) is 13.1. The van der Waals surface area contributed by atoms with Crippen molar-refractivity contribution in [2.75, 3.05) is 0 Å². The van der Waals surface area contributed by atoms with E-state index < -0.39 is 0 Å². The molecule has 0 saturated carbocycles. The molecule has 0 spiro atoms. The highest BCUT2D eigenvalue weighted by molar-refractivity contribution is 4.92. The van der Waals surface area contributed by atoms with Crippen molar-refractivity contribution in [2.45, 2.75) is 84.0 Å². The van der Waals surface area contributed by atoms with Crippen molar-refractivity contribution in [3.05, 3.63) is 37.0 Å². The first-order chi connectivity index (χ1) is 9.41. The van der Waals surface area contributed by atoms with Gasteiger partial charge in [-0.1, -0.05) is 69.4 Å². The van der Waals surface area contributed by atoms with E-state index in [0.717, 1.165) is 6.42 Å². The molecule has 0 heteroatoms. The third-order valence-corrected chi connectivity index (χ3v) is 3.36. The lowest BCUT2D eigenvalue weighted by molar-refractivity contribution is 0.622. The van der Waals surface area contributed by atoms with Crippen molar-refractivity contribution < 1.29 is 0 Å². The van der Waals surface area contributed by atoms with Crippen molar-refractivity contribution in [3.8, 4) is 0 Å². The summed E-state index contributed by atoms with van der Waals surface area (Å²) in [6.45, 7) is 6.01. The van der Waals surface area contributed by atoms with Crippen LogP contribution in [0.3, 0.4) is 0 Å². The molecule has 0 N–H and O–H groups in total. The van der Waals surface area contributed by atoms with Crippen LogP contribution in [0.4, 0.5) is 0 Å². The van der Waals surface area contributed by atoms with E-state index in [1.807, 2.05) is 6.08 Å². The van der Waals surface area contributed by atoms with Gasteiger partial charge in [0.1, 0.15) is 0 Å². The average Bonchev–Trinajstić information content (AvgIpc) is 2.43. The fourth-order valence-corrected chi connectivity index (χ4v) is 2.10. The summed E-state index contributed by atoms with van der Waals surface area (Å²) in [5.41, 5.74) is 0. The molecule has 0 atom stereocenters. The van der Waals surface area contributed by atoms with Gasteiger partial charge in [-0.3, -0.25) is 0 Å². The van der Waals surface area contributed by atoms with E-state index in [0.29, 0.717) is 0 Å². The largest absolute Gasteiger partial charge is 0.103 e. The van der Waals surface area contributed by atoms with Gasteiger partial charge in [-0.05, 0) is 44.9 Å². The van der Waals surface area contributed by atoms with E-state index in [4.69, 9.17) is 0 Å². The summed E-state index contributed by atoms with van der Waals surface area (Å²) in [6.07, 6.45) is 27.0. The number of hydrogen-bond acceptors (Lipinski definition) is 0. The van der Waals surface area contributed by atoms with Gasteiger partial charge in [0.2, 0.25) is 0 Å². The summed E-state index contributed by atoms with van der Waals surface area (Å²) in [6, 6.07) is 0. The standard InChI is InChI=1S/C19H34/c1-3-5-7-9-11-13-15-17-19-18-16-14-12-10-8-6-4-2/h3,12,14,18-19H,1,4-11,13,15-17H2,2H3. The second-order valence-electron chi connectivity index (χ2n) is 5.31. The molecule has 0 aromatic heterocycles. The minimum atomic E-state index is 1.12. The number of rotatable bonds is 14. The molecule has 0 aromatic carbocycles. The van der Waals surface area contributed by atoms with Crippen molar-refractivity contribution in [3.63, 3.8) is 0 Å². The molecule has 0 rings (SSSR count). The highest BCUT2D eigenvalue weighted by Crippen LogP contribution is 2.08. The van der Waals surface area contributed by atoms with Crippen LogP contribution >= 0.6 is 0 Å². The minimum Gasteiger partial charge on any atom is -0.103 e. The third kappa shape index (κ3) is 17.2. The maximum atomic E-state index is 3.75. The van der Waals surface area contributed by atoms with Crippen LogP contribution < -0.4 is 0 Å². The van der Waals surface area contributed by atoms with Crippen LogP contribution in [-0.2, 0) is 0 Å². The van der Waals surface area contributed by atoms with Crippen LogP contribution in [0.2, 0.25) is 0 Å². The molecule has 0 radical (unpaired) electrons. The monoisotopic (exact) mass is 262 g/mol. The fraction of sp³-hybridized carbons (Fsp3) is 0.684. The first kappa shape index (κ1) is 18.2. The van der Waals surface area contributed by atoms with Gasteiger partial charge in [0.05, 0.1) is 0 Å². The second kappa shape index (κ2) is 17.2. The lowest BCUT2D eigenvalue weighted by atomic mass is 10.1. The Bertz CT molecular complexity index is 222. The number of unbranched alkanes of at least 4 members (excludes halogenated alkanes) is 9. The summed E-state index contributed by atoms with van der Waals surface area (Å²) in [5.74, 6) is 0. The number of allylic oxidation sites excluding steroid dienone is 5. The number of hydrogen-bond donors (Lipinski definition) is 0. The van der Waals surface area contributed by atoms with Gasteiger partial charge >= 0.3 is 0 Å². The van der Waals surface area contributed by atoms with Gasteiger partial charge in [0.15, 0.2) is 0 Å². The summed E-state index contributed by atoms with van der Waals surface area (Å²) in [5, 5.41) is 0. The Kier molecular flexibility index (Phi) is 16.5. The summed E-state index contributed by atoms with van der Waals surface area (Å²) < 4.78 is 0. The van der Waals surface area contributed by atoms with Gasteiger partial charge in [0.25, 0.3) is 0 Å². The maximum absolute atomic E-state index is 3.75. The minimum absolute atomic E-state index is 1.12. The highest BCUT2D eigenvalue weighted by Gasteiger charge is 1.88. The zero-order chi connectivity index (χ0) is 14.0. The van der Waals surface area contributed by atoms with Crippen LogP contribution in [0, 0.1) is 0 Å². The molecular formula is C19H34. The molecule has 0 heterocycles. The van der Waals surface area contributed by atoms with Crippen molar-refractivity contribution in [1.82, 2.24) is 0 Å². The molecule has 0 nitrogen and oxygen atoms in total. The zero-order valence-electron chi connectivity index (χ0n) is 13.1. The topological polar surface area (TPSA) is 0 Å². The van der Waals surface area contributed by atoms with Gasteiger partial charge in [0, 0.05) is 0 Å². The van der Waals surface area contributed by atoms with Gasteiger partial charge in [-0.25, -0.2) is 0 Å². The molecular weight excluding hydrogens is 228 g/mol. The quantitative estimate of drug-likeness (QED) is 0.234. The van der Waals surface area contributed by atoms with Gasteiger partial charge in [-0.2, -0.15) is 0 Å². The Labute approximate surface area is 121 Å². The summed E-state index contributed by atoms with van der Waals surface area (Å²) in [7, 11) is 0. The molecule has 0 aliphatic heterocycles. The first-order valence-electron chi connectivity index (χ1n) is 8.32. The molecule has 0 unspecified atom stereocenters. The predicted octanol–water partition coefficient (Wildman–Crippen LogP) is 6.99. The van der Waals surface area contributed by atoms with Gasteiger partial charge in [-0.15, -0.1) is 6.58 Å². The van der Waals surface area contributed by atoms with Crippen LogP contribution in [0.1, 0.15) is 84.0 Å². The van der Waals surface area contributed by atoms with Crippen LogP contribution in [0.15, 0.2) is 37.0 Å². The Balaban J connectivity index is 3.14.